The Morgan fingerprint density at radius 2 is 1.95 bits per heavy atom. The Morgan fingerprint density at radius 3 is 2.65 bits per heavy atom. The van der Waals surface area contributed by atoms with Crippen molar-refractivity contribution in [3.8, 4) is 0 Å². The van der Waals surface area contributed by atoms with E-state index in [0.29, 0.717) is 5.92 Å². The van der Waals surface area contributed by atoms with Gasteiger partial charge in [-0.3, -0.25) is 4.98 Å². The molecule has 2 aromatic rings. The molecule has 2 heterocycles. The van der Waals surface area contributed by atoms with E-state index in [4.69, 9.17) is 9.97 Å². The molecule has 3 rings (SSSR count). The highest BCUT2D eigenvalue weighted by Crippen LogP contribution is 2.42. The molecule has 20 heavy (non-hydrogen) atoms. The third kappa shape index (κ3) is 3.01. The van der Waals surface area contributed by atoms with Gasteiger partial charge in [-0.15, -0.1) is 11.8 Å². The van der Waals surface area contributed by atoms with Gasteiger partial charge in [0.1, 0.15) is 10.1 Å². The maximum Gasteiger partial charge on any atom is 0.120 e. The normalized spacial score (nSPS) is 18.1. The minimum atomic E-state index is 0.172. The fraction of sp³-hybridized carbons (Fsp3) is 0.375. The predicted molar refractivity (Wildman–Crippen MR) is 86.7 cm³/mol. The Bertz CT molecular complexity index is 606. The van der Waals surface area contributed by atoms with Crippen LogP contribution in [0.1, 0.15) is 37.9 Å². The van der Waals surface area contributed by atoms with Crippen LogP contribution in [0.25, 0.3) is 0 Å². The van der Waals surface area contributed by atoms with Gasteiger partial charge in [0.2, 0.25) is 0 Å². The maximum atomic E-state index is 4.78. The minimum Gasteiger partial charge on any atom is -0.255 e. The van der Waals surface area contributed by atoms with Crippen LogP contribution in [0.2, 0.25) is 0 Å². The molecule has 0 saturated carbocycles. The van der Waals surface area contributed by atoms with Crippen molar-refractivity contribution in [2.24, 2.45) is 0 Å². The van der Waals surface area contributed by atoms with Crippen LogP contribution < -0.4 is 0 Å². The fourth-order valence-electron chi connectivity index (χ4n) is 2.25. The molecule has 0 N–H and O–H groups in total. The van der Waals surface area contributed by atoms with Gasteiger partial charge in [-0.05, 0) is 5.56 Å². The smallest absolute Gasteiger partial charge is 0.120 e. The number of hydrogen-bond acceptors (Lipinski definition) is 4. The summed E-state index contributed by atoms with van der Waals surface area (Å²) < 4.78 is 0.172. The van der Waals surface area contributed by atoms with Gasteiger partial charge in [-0.25, -0.2) is 4.98 Å². The van der Waals surface area contributed by atoms with E-state index < -0.39 is 0 Å². The zero-order valence-electron chi connectivity index (χ0n) is 12.0. The van der Waals surface area contributed by atoms with Crippen molar-refractivity contribution in [2.45, 2.75) is 41.5 Å². The van der Waals surface area contributed by atoms with Crippen molar-refractivity contribution in [1.29, 1.82) is 0 Å². The van der Waals surface area contributed by atoms with Crippen LogP contribution in [0.4, 0.5) is 0 Å². The van der Waals surface area contributed by atoms with Crippen molar-refractivity contribution in [1.82, 2.24) is 9.97 Å². The standard InChI is InChI=1S/C16H18N2S2/c1-16(2,3)20-13-9-17-14-12(10-19-15(14)18-13)11-7-5-4-6-8-11/h4-9,12H,10H2,1-3H3. The largest absolute Gasteiger partial charge is 0.255 e. The Labute approximate surface area is 128 Å². The van der Waals surface area contributed by atoms with Crippen LogP contribution in [-0.4, -0.2) is 20.5 Å². The van der Waals surface area contributed by atoms with E-state index in [2.05, 4.69) is 51.1 Å². The van der Waals surface area contributed by atoms with Gasteiger partial charge in [-0.1, -0.05) is 62.9 Å². The minimum absolute atomic E-state index is 0.172. The topological polar surface area (TPSA) is 25.8 Å². The van der Waals surface area contributed by atoms with Gasteiger partial charge in [-0.2, -0.15) is 0 Å². The summed E-state index contributed by atoms with van der Waals surface area (Å²) in [5, 5.41) is 2.13. The molecule has 4 heteroatoms. The number of benzene rings is 1. The molecule has 0 amide bonds. The molecule has 0 saturated heterocycles. The summed E-state index contributed by atoms with van der Waals surface area (Å²) in [5.74, 6) is 1.43. The monoisotopic (exact) mass is 302 g/mol. The van der Waals surface area contributed by atoms with Crippen molar-refractivity contribution < 1.29 is 0 Å². The van der Waals surface area contributed by atoms with E-state index in [-0.39, 0.29) is 4.75 Å². The van der Waals surface area contributed by atoms with Gasteiger partial charge in [0.15, 0.2) is 0 Å². The number of rotatable bonds is 2. The summed E-state index contributed by atoms with van der Waals surface area (Å²) in [4.78, 5) is 9.47. The van der Waals surface area contributed by atoms with Crippen LogP contribution in [0, 0.1) is 0 Å². The number of fused-ring (bicyclic) bond motifs is 1. The van der Waals surface area contributed by atoms with E-state index in [1.54, 1.807) is 11.8 Å². The molecule has 1 aliphatic heterocycles. The van der Waals surface area contributed by atoms with E-state index in [9.17, 15) is 0 Å². The second kappa shape index (κ2) is 5.41. The maximum absolute atomic E-state index is 4.78. The summed E-state index contributed by atoms with van der Waals surface area (Å²) in [6, 6.07) is 10.6. The first-order valence-electron chi connectivity index (χ1n) is 6.77. The SMILES string of the molecule is CC(C)(C)Sc1cnc2c(n1)SCC2c1ccccc1. The lowest BCUT2D eigenvalue weighted by atomic mass is 9.98. The summed E-state index contributed by atoms with van der Waals surface area (Å²) in [6.45, 7) is 6.60. The number of nitrogens with zero attached hydrogens (tertiary/aromatic N) is 2. The lowest BCUT2D eigenvalue weighted by molar-refractivity contribution is 0.782. The molecule has 0 aliphatic carbocycles. The fourth-order valence-corrected chi connectivity index (χ4v) is 4.36. The second-order valence-corrected chi connectivity index (χ2v) is 8.74. The molecule has 0 bridgehead atoms. The molecule has 1 atom stereocenters. The molecule has 0 spiro atoms. The Balaban J connectivity index is 1.89. The highest BCUT2D eigenvalue weighted by atomic mass is 32.2. The molecule has 104 valence electrons. The van der Waals surface area contributed by atoms with Gasteiger partial charge in [0.05, 0.1) is 11.9 Å². The van der Waals surface area contributed by atoms with E-state index in [0.717, 1.165) is 21.5 Å². The van der Waals surface area contributed by atoms with Crippen LogP contribution in [0.3, 0.4) is 0 Å². The summed E-state index contributed by atoms with van der Waals surface area (Å²) in [6.07, 6.45) is 1.93. The molecule has 0 fully saturated rings. The van der Waals surface area contributed by atoms with Crippen LogP contribution in [0.15, 0.2) is 46.6 Å². The first-order valence-corrected chi connectivity index (χ1v) is 8.57. The number of thioether (sulfide) groups is 2. The average Bonchev–Trinajstić information content (AvgIpc) is 2.81. The summed E-state index contributed by atoms with van der Waals surface area (Å²) >= 11 is 3.60. The average molecular weight is 302 g/mol. The highest BCUT2D eigenvalue weighted by molar-refractivity contribution is 8.00. The summed E-state index contributed by atoms with van der Waals surface area (Å²) in [7, 11) is 0. The number of aromatic nitrogens is 2. The molecule has 1 aromatic heterocycles. The molecular formula is C16H18N2S2. The van der Waals surface area contributed by atoms with Crippen LogP contribution in [0.5, 0.6) is 0 Å². The zero-order valence-corrected chi connectivity index (χ0v) is 13.6. The van der Waals surface area contributed by atoms with Gasteiger partial charge < -0.3 is 0 Å². The van der Waals surface area contributed by atoms with Crippen molar-refractivity contribution >= 4 is 23.5 Å². The van der Waals surface area contributed by atoms with Crippen molar-refractivity contribution in [3.05, 3.63) is 47.8 Å². The van der Waals surface area contributed by atoms with E-state index in [1.165, 1.54) is 5.56 Å². The first-order chi connectivity index (χ1) is 9.53. The van der Waals surface area contributed by atoms with E-state index in [1.807, 2.05) is 18.0 Å². The summed E-state index contributed by atoms with van der Waals surface area (Å²) in [5.41, 5.74) is 2.48. The Kier molecular flexibility index (Phi) is 3.78. The lowest BCUT2D eigenvalue weighted by Gasteiger charge is -2.17. The Morgan fingerprint density at radius 1 is 1.20 bits per heavy atom. The van der Waals surface area contributed by atoms with Crippen LogP contribution >= 0.6 is 23.5 Å². The molecule has 1 unspecified atom stereocenters. The molecular weight excluding hydrogens is 284 g/mol. The van der Waals surface area contributed by atoms with E-state index >= 15 is 0 Å². The van der Waals surface area contributed by atoms with Gasteiger partial charge in [0.25, 0.3) is 0 Å². The zero-order chi connectivity index (χ0) is 14.2. The highest BCUT2D eigenvalue weighted by Gasteiger charge is 2.28. The van der Waals surface area contributed by atoms with Gasteiger partial charge in [0, 0.05) is 16.4 Å². The first kappa shape index (κ1) is 14.0. The van der Waals surface area contributed by atoms with Gasteiger partial charge >= 0.3 is 0 Å². The molecule has 2 nitrogen and oxygen atoms in total. The predicted octanol–water partition coefficient (Wildman–Crippen LogP) is 4.60. The van der Waals surface area contributed by atoms with Crippen molar-refractivity contribution in [2.75, 3.05) is 5.75 Å². The third-order valence-electron chi connectivity index (χ3n) is 3.07. The van der Waals surface area contributed by atoms with Crippen LogP contribution in [-0.2, 0) is 0 Å². The second-order valence-electron chi connectivity index (χ2n) is 5.89. The molecule has 1 aromatic carbocycles. The van der Waals surface area contributed by atoms with Crippen molar-refractivity contribution in [3.63, 3.8) is 0 Å². The number of hydrogen-bond donors (Lipinski definition) is 0. The lowest BCUT2D eigenvalue weighted by Crippen LogP contribution is -2.08. The molecule has 1 aliphatic rings. The quantitative estimate of drug-likeness (QED) is 0.757. The third-order valence-corrected chi connectivity index (χ3v) is 5.17. The Hall–Kier alpha value is -1.00. The molecule has 0 radical (unpaired) electrons.